The zero-order chi connectivity index (χ0) is 21.1. The van der Waals surface area contributed by atoms with Gasteiger partial charge in [-0.05, 0) is 54.6 Å². The number of azo groups is 1. The van der Waals surface area contributed by atoms with Crippen LogP contribution in [0, 0.1) is 0 Å². The minimum Gasteiger partial charge on any atom is -0.493 e. The van der Waals surface area contributed by atoms with E-state index in [1.165, 1.54) is 12.1 Å². The van der Waals surface area contributed by atoms with Crippen LogP contribution in [-0.2, 0) is 0 Å². The van der Waals surface area contributed by atoms with Gasteiger partial charge in [-0.15, -0.1) is 10.2 Å². The Morgan fingerprint density at radius 1 is 0.900 bits per heavy atom. The summed E-state index contributed by atoms with van der Waals surface area (Å²) in [4.78, 5) is 27.3. The van der Waals surface area contributed by atoms with E-state index in [4.69, 9.17) is 11.6 Å². The number of benzene rings is 3. The molecule has 1 aromatic heterocycles. The average Bonchev–Trinajstić information content (AvgIpc) is 3.08. The number of hydrogen-bond donors (Lipinski definition) is 3. The van der Waals surface area contributed by atoms with Gasteiger partial charge in [0.1, 0.15) is 0 Å². The topological polar surface area (TPSA) is 107 Å². The molecule has 0 saturated heterocycles. The average molecular weight is 419 g/mol. The first-order valence-corrected chi connectivity index (χ1v) is 9.32. The maximum atomic E-state index is 12.3. The molecule has 7 nitrogen and oxygen atoms in total. The van der Waals surface area contributed by atoms with Gasteiger partial charge in [0.2, 0.25) is 5.88 Å². The molecule has 148 valence electrons. The predicted octanol–water partition coefficient (Wildman–Crippen LogP) is 5.70. The summed E-state index contributed by atoms with van der Waals surface area (Å²) in [5, 5.41) is 21.5. The number of fused-ring (bicyclic) bond motifs is 1. The van der Waals surface area contributed by atoms with Crippen LogP contribution in [0.4, 0.5) is 11.4 Å². The van der Waals surface area contributed by atoms with Crippen molar-refractivity contribution >= 4 is 45.7 Å². The molecular weight excluding hydrogens is 404 g/mol. The molecule has 0 unspecified atom stereocenters. The number of hydrogen-bond acceptors (Lipinski definition) is 4. The lowest BCUT2D eigenvalue weighted by Crippen LogP contribution is -2.11. The lowest BCUT2D eigenvalue weighted by molar-refractivity contribution is 0.0993. The zero-order valence-electron chi connectivity index (χ0n) is 15.5. The molecular formula is C22H15ClN4O3. The van der Waals surface area contributed by atoms with Crippen molar-refractivity contribution in [3.63, 3.8) is 0 Å². The number of nitrogens with one attached hydrogen (secondary N) is 2. The number of rotatable bonds is 4. The van der Waals surface area contributed by atoms with E-state index in [0.717, 1.165) is 0 Å². The van der Waals surface area contributed by atoms with Crippen molar-refractivity contribution in [3.8, 4) is 5.88 Å². The van der Waals surface area contributed by atoms with Gasteiger partial charge < -0.3 is 15.4 Å². The van der Waals surface area contributed by atoms with Crippen molar-refractivity contribution in [3.05, 3.63) is 88.9 Å². The monoisotopic (exact) mass is 418 g/mol. The van der Waals surface area contributed by atoms with Crippen LogP contribution >= 0.6 is 11.6 Å². The van der Waals surface area contributed by atoms with Crippen molar-refractivity contribution in [2.75, 3.05) is 5.32 Å². The standard InChI is InChI=1S/C22H15ClN4O3/c23-15-9-5-13(6-10-15)20(28)24-16-11-7-14(8-12-16)21(29)27-26-19-17-3-1-2-4-18(17)25-22(19)30/h1-12,25,30H,(H,24,28). The summed E-state index contributed by atoms with van der Waals surface area (Å²) in [6.07, 6.45) is 0. The highest BCUT2D eigenvalue weighted by Gasteiger charge is 2.11. The highest BCUT2D eigenvalue weighted by molar-refractivity contribution is 6.30. The van der Waals surface area contributed by atoms with Crippen molar-refractivity contribution in [1.82, 2.24) is 4.98 Å². The lowest BCUT2D eigenvalue weighted by Gasteiger charge is -2.05. The molecule has 3 aromatic carbocycles. The highest BCUT2D eigenvalue weighted by Crippen LogP contribution is 2.35. The minimum atomic E-state index is -0.574. The third-order valence-corrected chi connectivity index (χ3v) is 4.65. The fraction of sp³-hybridized carbons (Fsp3) is 0. The number of halogens is 1. The van der Waals surface area contributed by atoms with E-state index in [2.05, 4.69) is 20.5 Å². The molecule has 0 bridgehead atoms. The summed E-state index contributed by atoms with van der Waals surface area (Å²) in [6.45, 7) is 0. The quantitative estimate of drug-likeness (QED) is 0.370. The molecule has 0 radical (unpaired) electrons. The largest absolute Gasteiger partial charge is 0.493 e. The number of carbonyl (C=O) groups excluding carboxylic acids is 2. The Bertz CT molecular complexity index is 1260. The Balaban J connectivity index is 1.46. The summed E-state index contributed by atoms with van der Waals surface area (Å²) in [5.74, 6) is -1.02. The van der Waals surface area contributed by atoms with E-state index in [0.29, 0.717) is 32.7 Å². The van der Waals surface area contributed by atoms with Gasteiger partial charge in [0, 0.05) is 27.2 Å². The predicted molar refractivity (Wildman–Crippen MR) is 115 cm³/mol. The van der Waals surface area contributed by atoms with E-state index in [1.807, 2.05) is 6.07 Å². The third kappa shape index (κ3) is 4.06. The molecule has 30 heavy (non-hydrogen) atoms. The number of aromatic amines is 1. The van der Waals surface area contributed by atoms with Gasteiger partial charge in [0.25, 0.3) is 11.8 Å². The normalized spacial score (nSPS) is 11.1. The molecule has 0 spiro atoms. The summed E-state index contributed by atoms with van der Waals surface area (Å²) in [7, 11) is 0. The number of amides is 2. The first-order valence-electron chi connectivity index (χ1n) is 8.94. The van der Waals surface area contributed by atoms with Crippen LogP contribution in [0.2, 0.25) is 5.02 Å². The van der Waals surface area contributed by atoms with Gasteiger partial charge in [-0.3, -0.25) is 9.59 Å². The molecule has 2 amide bonds. The summed E-state index contributed by atoms with van der Waals surface area (Å²) < 4.78 is 0. The molecule has 0 fully saturated rings. The van der Waals surface area contributed by atoms with Crippen LogP contribution in [0.3, 0.4) is 0 Å². The van der Waals surface area contributed by atoms with Crippen molar-refractivity contribution in [2.45, 2.75) is 0 Å². The zero-order valence-corrected chi connectivity index (χ0v) is 16.2. The van der Waals surface area contributed by atoms with Gasteiger partial charge in [-0.2, -0.15) is 0 Å². The van der Waals surface area contributed by atoms with E-state index >= 15 is 0 Å². The number of anilines is 1. The molecule has 3 N–H and O–H groups in total. The third-order valence-electron chi connectivity index (χ3n) is 4.40. The molecule has 1 heterocycles. The van der Waals surface area contributed by atoms with Crippen LogP contribution in [0.1, 0.15) is 20.7 Å². The van der Waals surface area contributed by atoms with Gasteiger partial charge in [-0.1, -0.05) is 29.8 Å². The molecule has 8 heteroatoms. The second-order valence-electron chi connectivity index (χ2n) is 6.41. The van der Waals surface area contributed by atoms with Crippen molar-refractivity contribution in [1.29, 1.82) is 0 Å². The molecule has 4 rings (SSSR count). The number of carbonyl (C=O) groups is 2. The van der Waals surface area contributed by atoms with Crippen LogP contribution in [-0.4, -0.2) is 21.9 Å². The van der Waals surface area contributed by atoms with Crippen LogP contribution in [0.15, 0.2) is 83.0 Å². The van der Waals surface area contributed by atoms with Crippen molar-refractivity contribution < 1.29 is 14.7 Å². The minimum absolute atomic E-state index is 0.159. The van der Waals surface area contributed by atoms with Crippen LogP contribution in [0.25, 0.3) is 10.9 Å². The van der Waals surface area contributed by atoms with Crippen LogP contribution < -0.4 is 5.32 Å². The summed E-state index contributed by atoms with van der Waals surface area (Å²) >= 11 is 5.82. The fourth-order valence-corrected chi connectivity index (χ4v) is 2.99. The molecule has 0 saturated carbocycles. The maximum Gasteiger partial charge on any atom is 0.295 e. The Hall–Kier alpha value is -3.97. The SMILES string of the molecule is O=C(N=Nc1c(O)[nH]c2ccccc12)c1ccc(NC(=O)c2ccc(Cl)cc2)cc1. The number of aromatic nitrogens is 1. The van der Waals surface area contributed by atoms with E-state index in [1.54, 1.807) is 54.6 Å². The smallest absolute Gasteiger partial charge is 0.295 e. The van der Waals surface area contributed by atoms with Gasteiger partial charge in [0.15, 0.2) is 5.69 Å². The first-order chi connectivity index (χ1) is 14.5. The second-order valence-corrected chi connectivity index (χ2v) is 6.85. The van der Waals surface area contributed by atoms with Gasteiger partial charge in [0.05, 0.1) is 5.52 Å². The Morgan fingerprint density at radius 3 is 2.30 bits per heavy atom. The molecule has 4 aromatic rings. The van der Waals surface area contributed by atoms with E-state index in [-0.39, 0.29) is 17.5 Å². The van der Waals surface area contributed by atoms with Crippen molar-refractivity contribution in [2.24, 2.45) is 10.2 Å². The summed E-state index contributed by atoms with van der Waals surface area (Å²) in [5.41, 5.74) is 2.18. The Morgan fingerprint density at radius 2 is 1.57 bits per heavy atom. The van der Waals surface area contributed by atoms with Crippen LogP contribution in [0.5, 0.6) is 5.88 Å². The number of para-hydroxylation sites is 1. The molecule has 0 atom stereocenters. The second kappa shape index (κ2) is 8.18. The maximum absolute atomic E-state index is 12.3. The number of H-pyrrole nitrogens is 1. The first kappa shape index (κ1) is 19.4. The summed E-state index contributed by atoms with van der Waals surface area (Å²) in [6, 6.07) is 19.9. The lowest BCUT2D eigenvalue weighted by atomic mass is 10.1. The number of aromatic hydroxyl groups is 1. The molecule has 0 aliphatic heterocycles. The Kier molecular flexibility index (Phi) is 5.28. The highest BCUT2D eigenvalue weighted by atomic mass is 35.5. The Labute approximate surface area is 176 Å². The van der Waals surface area contributed by atoms with E-state index < -0.39 is 5.91 Å². The van der Waals surface area contributed by atoms with Gasteiger partial charge >= 0.3 is 0 Å². The molecule has 0 aliphatic rings. The van der Waals surface area contributed by atoms with Gasteiger partial charge in [-0.25, -0.2) is 0 Å². The fourth-order valence-electron chi connectivity index (χ4n) is 2.87. The molecule has 0 aliphatic carbocycles. The van der Waals surface area contributed by atoms with E-state index in [9.17, 15) is 14.7 Å². The number of nitrogens with zero attached hydrogens (tertiary/aromatic N) is 2.